The second-order valence-corrected chi connectivity index (χ2v) is 5.37. The molecule has 0 unspecified atom stereocenters. The van der Waals surface area contributed by atoms with Crippen LogP contribution in [0.3, 0.4) is 0 Å². The Kier molecular flexibility index (Phi) is 6.52. The Morgan fingerprint density at radius 1 is 1.25 bits per heavy atom. The van der Waals surface area contributed by atoms with Crippen molar-refractivity contribution in [3.05, 3.63) is 29.8 Å². The predicted octanol–water partition coefficient (Wildman–Crippen LogP) is 2.91. The Bertz CT molecular complexity index is 422. The van der Waals surface area contributed by atoms with E-state index < -0.39 is 0 Å². The average Bonchev–Trinajstić information content (AvgIpc) is 2.46. The van der Waals surface area contributed by atoms with Gasteiger partial charge in [0, 0.05) is 18.8 Å². The standard InChI is InChI=1S/C16H27N3O/c1-4-16(5-2,10-11-20)12-18-15(17)19-14-8-6-13(3)7-9-14/h6-9,20H,4-5,10-12H2,1-3H3,(H3,17,18,19). The normalized spacial score (nSPS) is 12.5. The molecule has 0 bridgehead atoms. The number of aliphatic hydroxyl groups is 1. The monoisotopic (exact) mass is 277 g/mol. The summed E-state index contributed by atoms with van der Waals surface area (Å²) in [4.78, 5) is 4.45. The fourth-order valence-electron chi connectivity index (χ4n) is 2.22. The van der Waals surface area contributed by atoms with Gasteiger partial charge in [-0.05, 0) is 43.7 Å². The summed E-state index contributed by atoms with van der Waals surface area (Å²) in [6.07, 6.45) is 2.75. The summed E-state index contributed by atoms with van der Waals surface area (Å²) >= 11 is 0. The van der Waals surface area contributed by atoms with E-state index in [4.69, 9.17) is 5.73 Å². The van der Waals surface area contributed by atoms with Crippen molar-refractivity contribution >= 4 is 11.6 Å². The van der Waals surface area contributed by atoms with E-state index >= 15 is 0 Å². The van der Waals surface area contributed by atoms with Gasteiger partial charge in [0.25, 0.3) is 0 Å². The molecule has 0 aliphatic rings. The van der Waals surface area contributed by atoms with Crippen LogP contribution in [0.1, 0.15) is 38.7 Å². The van der Waals surface area contributed by atoms with Crippen molar-refractivity contribution in [1.82, 2.24) is 0 Å². The summed E-state index contributed by atoms with van der Waals surface area (Å²) in [5.41, 5.74) is 8.14. The molecule has 0 heterocycles. The highest BCUT2D eigenvalue weighted by Crippen LogP contribution is 2.30. The Labute approximate surface area is 122 Å². The number of guanidine groups is 1. The van der Waals surface area contributed by atoms with Crippen LogP contribution in [0.15, 0.2) is 29.3 Å². The van der Waals surface area contributed by atoms with Gasteiger partial charge in [-0.1, -0.05) is 31.5 Å². The van der Waals surface area contributed by atoms with Crippen LogP contribution >= 0.6 is 0 Å². The highest BCUT2D eigenvalue weighted by Gasteiger charge is 2.25. The topological polar surface area (TPSA) is 70.6 Å². The second kappa shape index (κ2) is 7.90. The number of aliphatic hydroxyl groups excluding tert-OH is 1. The van der Waals surface area contributed by atoms with E-state index in [1.165, 1.54) is 5.56 Å². The summed E-state index contributed by atoms with van der Waals surface area (Å²) in [7, 11) is 0. The highest BCUT2D eigenvalue weighted by molar-refractivity contribution is 5.92. The molecule has 0 spiro atoms. The summed E-state index contributed by atoms with van der Waals surface area (Å²) < 4.78 is 0. The summed E-state index contributed by atoms with van der Waals surface area (Å²) in [5, 5.41) is 12.3. The van der Waals surface area contributed by atoms with Crippen molar-refractivity contribution in [2.75, 3.05) is 18.5 Å². The van der Waals surface area contributed by atoms with Crippen molar-refractivity contribution in [1.29, 1.82) is 0 Å². The maximum Gasteiger partial charge on any atom is 0.193 e. The van der Waals surface area contributed by atoms with Crippen LogP contribution in [-0.4, -0.2) is 24.2 Å². The first-order chi connectivity index (χ1) is 9.55. The number of aliphatic imine (C=N–C) groups is 1. The molecule has 4 nitrogen and oxygen atoms in total. The molecule has 0 aliphatic carbocycles. The highest BCUT2D eigenvalue weighted by atomic mass is 16.3. The number of benzene rings is 1. The molecule has 4 heteroatoms. The molecule has 0 aromatic heterocycles. The Morgan fingerprint density at radius 2 is 1.85 bits per heavy atom. The third-order valence-corrected chi connectivity index (χ3v) is 4.05. The Hall–Kier alpha value is -1.55. The van der Waals surface area contributed by atoms with Crippen molar-refractivity contribution in [3.63, 3.8) is 0 Å². The quantitative estimate of drug-likeness (QED) is 0.530. The van der Waals surface area contributed by atoms with Crippen LogP contribution in [0.25, 0.3) is 0 Å². The molecule has 112 valence electrons. The van der Waals surface area contributed by atoms with E-state index in [1.54, 1.807) is 0 Å². The number of nitrogens with zero attached hydrogens (tertiary/aromatic N) is 1. The molecule has 0 aliphatic heterocycles. The fourth-order valence-corrected chi connectivity index (χ4v) is 2.22. The molecule has 0 fully saturated rings. The largest absolute Gasteiger partial charge is 0.396 e. The summed E-state index contributed by atoms with van der Waals surface area (Å²) in [6, 6.07) is 8.03. The van der Waals surface area contributed by atoms with Gasteiger partial charge in [0.1, 0.15) is 0 Å². The molecular formula is C16H27N3O. The minimum Gasteiger partial charge on any atom is -0.396 e. The first-order valence-corrected chi connectivity index (χ1v) is 7.29. The molecule has 1 aromatic carbocycles. The van der Waals surface area contributed by atoms with E-state index in [0.29, 0.717) is 12.5 Å². The molecule has 0 saturated heterocycles. The molecule has 20 heavy (non-hydrogen) atoms. The fraction of sp³-hybridized carbons (Fsp3) is 0.562. The molecule has 0 saturated carbocycles. The lowest BCUT2D eigenvalue weighted by Crippen LogP contribution is -2.29. The predicted molar refractivity (Wildman–Crippen MR) is 86.0 cm³/mol. The average molecular weight is 277 g/mol. The molecule has 1 rings (SSSR count). The van der Waals surface area contributed by atoms with Crippen LogP contribution in [-0.2, 0) is 0 Å². The molecule has 4 N–H and O–H groups in total. The van der Waals surface area contributed by atoms with Crippen LogP contribution < -0.4 is 11.1 Å². The van der Waals surface area contributed by atoms with Crippen molar-refractivity contribution < 1.29 is 5.11 Å². The van der Waals surface area contributed by atoms with Gasteiger partial charge in [-0.15, -0.1) is 0 Å². The number of nitrogens with one attached hydrogen (secondary N) is 1. The maximum atomic E-state index is 9.20. The lowest BCUT2D eigenvalue weighted by Gasteiger charge is -2.29. The van der Waals surface area contributed by atoms with Crippen LogP contribution in [0.2, 0.25) is 0 Å². The third kappa shape index (κ3) is 4.85. The molecular weight excluding hydrogens is 250 g/mol. The number of anilines is 1. The molecule has 0 radical (unpaired) electrons. The summed E-state index contributed by atoms with van der Waals surface area (Å²) in [6.45, 7) is 7.16. The minimum absolute atomic E-state index is 0.0499. The van der Waals surface area contributed by atoms with E-state index in [0.717, 1.165) is 24.9 Å². The van der Waals surface area contributed by atoms with Gasteiger partial charge in [-0.2, -0.15) is 0 Å². The van der Waals surface area contributed by atoms with Crippen LogP contribution in [0, 0.1) is 12.3 Å². The Morgan fingerprint density at radius 3 is 2.35 bits per heavy atom. The van der Waals surface area contributed by atoms with Gasteiger partial charge >= 0.3 is 0 Å². The zero-order valence-electron chi connectivity index (χ0n) is 12.8. The number of hydrogen-bond donors (Lipinski definition) is 3. The zero-order chi connectivity index (χ0) is 15.0. The van der Waals surface area contributed by atoms with Crippen LogP contribution in [0.5, 0.6) is 0 Å². The van der Waals surface area contributed by atoms with E-state index in [9.17, 15) is 5.11 Å². The molecule has 0 amide bonds. The van der Waals surface area contributed by atoms with Crippen molar-refractivity contribution in [3.8, 4) is 0 Å². The van der Waals surface area contributed by atoms with E-state index in [-0.39, 0.29) is 12.0 Å². The van der Waals surface area contributed by atoms with Gasteiger partial charge < -0.3 is 16.2 Å². The maximum absolute atomic E-state index is 9.20. The Balaban J connectivity index is 2.65. The number of aryl methyl sites for hydroxylation is 1. The third-order valence-electron chi connectivity index (χ3n) is 4.05. The van der Waals surface area contributed by atoms with Crippen molar-refractivity contribution in [2.45, 2.75) is 40.0 Å². The molecule has 0 atom stereocenters. The van der Waals surface area contributed by atoms with Crippen LogP contribution in [0.4, 0.5) is 5.69 Å². The van der Waals surface area contributed by atoms with Gasteiger partial charge in [0.2, 0.25) is 0 Å². The lowest BCUT2D eigenvalue weighted by molar-refractivity contribution is 0.175. The summed E-state index contributed by atoms with van der Waals surface area (Å²) in [5.74, 6) is 0.429. The van der Waals surface area contributed by atoms with E-state index in [2.05, 4.69) is 24.2 Å². The second-order valence-electron chi connectivity index (χ2n) is 5.37. The molecule has 1 aromatic rings. The zero-order valence-corrected chi connectivity index (χ0v) is 12.8. The first-order valence-electron chi connectivity index (χ1n) is 7.29. The van der Waals surface area contributed by atoms with Gasteiger partial charge in [0.15, 0.2) is 5.96 Å². The first kappa shape index (κ1) is 16.5. The minimum atomic E-state index is 0.0499. The SMILES string of the molecule is CCC(CC)(CCO)CN=C(N)Nc1ccc(C)cc1. The van der Waals surface area contributed by atoms with E-state index in [1.807, 2.05) is 31.2 Å². The number of nitrogens with two attached hydrogens (primary N) is 1. The number of rotatable bonds is 7. The lowest BCUT2D eigenvalue weighted by atomic mass is 9.79. The van der Waals surface area contributed by atoms with Gasteiger partial charge in [-0.3, -0.25) is 4.99 Å². The van der Waals surface area contributed by atoms with Gasteiger partial charge in [0.05, 0.1) is 0 Å². The van der Waals surface area contributed by atoms with Crippen molar-refractivity contribution in [2.24, 2.45) is 16.1 Å². The smallest absolute Gasteiger partial charge is 0.193 e. The van der Waals surface area contributed by atoms with Gasteiger partial charge in [-0.25, -0.2) is 0 Å². The number of hydrogen-bond acceptors (Lipinski definition) is 2.